The van der Waals surface area contributed by atoms with Crippen LogP contribution >= 0.6 is 0 Å². The highest BCUT2D eigenvalue weighted by Crippen LogP contribution is 2.49. The molecule has 1 aromatic carbocycles. The number of carbonyl (C=O) groups excluding carboxylic acids is 1. The third kappa shape index (κ3) is 1.23. The van der Waals surface area contributed by atoms with Crippen molar-refractivity contribution in [2.75, 3.05) is 0 Å². The molecule has 0 amide bonds. The van der Waals surface area contributed by atoms with Crippen LogP contribution in [0.5, 0.6) is 0 Å². The summed E-state index contributed by atoms with van der Waals surface area (Å²) in [5.74, 6) is -16.9. The fourth-order valence-corrected chi connectivity index (χ4v) is 1.61. The summed E-state index contributed by atoms with van der Waals surface area (Å²) in [6.07, 6.45) is -3.22. The molecule has 1 atom stereocenters. The summed E-state index contributed by atoms with van der Waals surface area (Å²) >= 11 is 0. The fraction of sp³-hybridized carbons (Fsp3) is 0.222. The van der Waals surface area contributed by atoms with Crippen molar-refractivity contribution in [2.24, 2.45) is 0 Å². The van der Waals surface area contributed by atoms with Crippen LogP contribution in [0.3, 0.4) is 0 Å². The maximum Gasteiger partial charge on any atom is 0.337 e. The van der Waals surface area contributed by atoms with E-state index in [1.165, 1.54) is 0 Å². The molecule has 8 heteroatoms. The van der Waals surface area contributed by atoms with Gasteiger partial charge in [-0.15, -0.1) is 0 Å². The molecule has 92 valence electrons. The number of ketones is 1. The van der Waals surface area contributed by atoms with E-state index >= 15 is 0 Å². The average Bonchev–Trinajstić information content (AvgIpc) is 2.44. The Morgan fingerprint density at radius 2 is 1.35 bits per heavy atom. The summed E-state index contributed by atoms with van der Waals surface area (Å²) in [6.45, 7) is 0. The molecule has 0 saturated carbocycles. The summed E-state index contributed by atoms with van der Waals surface area (Å²) in [6, 6.07) is 0. The standard InChI is InChI=1S/C9HF7O/c10-3-1-2(5(12)7(14)6(3)13)9(15,16)8(17)4(1)11/h4H. The van der Waals surface area contributed by atoms with E-state index in [1.807, 2.05) is 0 Å². The smallest absolute Gasteiger partial charge is 0.289 e. The number of hydrogen-bond donors (Lipinski definition) is 0. The third-order valence-electron chi connectivity index (χ3n) is 2.41. The van der Waals surface area contributed by atoms with Crippen molar-refractivity contribution >= 4 is 5.78 Å². The van der Waals surface area contributed by atoms with E-state index in [-0.39, 0.29) is 0 Å². The predicted molar refractivity (Wildman–Crippen MR) is 39.0 cm³/mol. The zero-order chi connectivity index (χ0) is 13.1. The zero-order valence-corrected chi connectivity index (χ0v) is 7.63. The molecule has 2 rings (SSSR count). The highest BCUT2D eigenvalue weighted by molar-refractivity contribution is 5.96. The van der Waals surface area contributed by atoms with Crippen LogP contribution in [0.15, 0.2) is 0 Å². The monoisotopic (exact) mass is 258 g/mol. The summed E-state index contributed by atoms with van der Waals surface area (Å²) in [5.41, 5.74) is -3.86. The Hall–Kier alpha value is -1.60. The van der Waals surface area contributed by atoms with Crippen LogP contribution in [-0.4, -0.2) is 5.78 Å². The Kier molecular flexibility index (Phi) is 2.24. The lowest BCUT2D eigenvalue weighted by atomic mass is 10.1. The highest BCUT2D eigenvalue weighted by atomic mass is 19.3. The van der Waals surface area contributed by atoms with Crippen molar-refractivity contribution in [1.82, 2.24) is 0 Å². The van der Waals surface area contributed by atoms with Gasteiger partial charge in [-0.1, -0.05) is 0 Å². The molecule has 1 unspecified atom stereocenters. The van der Waals surface area contributed by atoms with Gasteiger partial charge in [-0.3, -0.25) is 4.79 Å². The van der Waals surface area contributed by atoms with Crippen molar-refractivity contribution in [3.8, 4) is 0 Å². The summed E-state index contributed by atoms with van der Waals surface area (Å²) in [4.78, 5) is 10.7. The normalized spacial score (nSPS) is 21.8. The van der Waals surface area contributed by atoms with Crippen molar-refractivity contribution in [1.29, 1.82) is 0 Å². The van der Waals surface area contributed by atoms with Gasteiger partial charge >= 0.3 is 5.92 Å². The molecular weight excluding hydrogens is 257 g/mol. The van der Waals surface area contributed by atoms with Crippen molar-refractivity contribution in [3.05, 3.63) is 34.4 Å². The molecule has 1 aromatic rings. The first-order chi connectivity index (χ1) is 7.71. The summed E-state index contributed by atoms with van der Waals surface area (Å²) < 4.78 is 90.5. The molecule has 0 heterocycles. The SMILES string of the molecule is O=C1C(F)c2c(F)c(F)c(F)c(F)c2C1(F)F. The second-order valence-corrected chi connectivity index (χ2v) is 3.35. The topological polar surface area (TPSA) is 17.1 Å². The van der Waals surface area contributed by atoms with Gasteiger partial charge in [0, 0.05) is 5.56 Å². The summed E-state index contributed by atoms with van der Waals surface area (Å²) in [7, 11) is 0. The Morgan fingerprint density at radius 3 is 1.88 bits per heavy atom. The number of alkyl halides is 3. The first-order valence-electron chi connectivity index (χ1n) is 4.13. The summed E-state index contributed by atoms with van der Waals surface area (Å²) in [5, 5.41) is 0. The molecule has 1 aliphatic rings. The van der Waals surface area contributed by atoms with E-state index < -0.39 is 52.3 Å². The molecule has 0 aliphatic heterocycles. The zero-order valence-electron chi connectivity index (χ0n) is 7.63. The Labute approximate surface area is 88.8 Å². The van der Waals surface area contributed by atoms with Gasteiger partial charge in [-0.2, -0.15) is 8.78 Å². The maximum absolute atomic E-state index is 13.0. The lowest BCUT2D eigenvalue weighted by Gasteiger charge is -2.10. The third-order valence-corrected chi connectivity index (χ3v) is 2.41. The lowest BCUT2D eigenvalue weighted by Crippen LogP contribution is -2.22. The van der Waals surface area contributed by atoms with Gasteiger partial charge in [0.05, 0.1) is 5.56 Å². The number of hydrogen-bond acceptors (Lipinski definition) is 1. The molecule has 0 radical (unpaired) electrons. The minimum absolute atomic E-state index is 1.78. The van der Waals surface area contributed by atoms with Crippen molar-refractivity contribution in [3.63, 3.8) is 0 Å². The molecule has 0 saturated heterocycles. The van der Waals surface area contributed by atoms with E-state index in [9.17, 15) is 35.5 Å². The van der Waals surface area contributed by atoms with Crippen LogP contribution in [0.4, 0.5) is 30.7 Å². The number of Topliss-reactive ketones (excluding diaryl/α,β-unsaturated/α-hetero) is 1. The van der Waals surface area contributed by atoms with Gasteiger partial charge in [0.25, 0.3) is 0 Å². The number of rotatable bonds is 0. The average molecular weight is 258 g/mol. The maximum atomic E-state index is 13.0. The molecule has 17 heavy (non-hydrogen) atoms. The van der Waals surface area contributed by atoms with Crippen LogP contribution < -0.4 is 0 Å². The van der Waals surface area contributed by atoms with Gasteiger partial charge < -0.3 is 0 Å². The van der Waals surface area contributed by atoms with E-state index in [0.717, 1.165) is 0 Å². The molecule has 0 bridgehead atoms. The van der Waals surface area contributed by atoms with Gasteiger partial charge in [-0.05, 0) is 0 Å². The van der Waals surface area contributed by atoms with Crippen molar-refractivity contribution in [2.45, 2.75) is 12.1 Å². The fourth-order valence-electron chi connectivity index (χ4n) is 1.61. The van der Waals surface area contributed by atoms with Crippen LogP contribution in [0.2, 0.25) is 0 Å². The Morgan fingerprint density at radius 1 is 0.882 bits per heavy atom. The minimum Gasteiger partial charge on any atom is -0.289 e. The predicted octanol–water partition coefficient (Wildman–Crippen LogP) is 2.93. The molecule has 0 aromatic heterocycles. The largest absolute Gasteiger partial charge is 0.337 e. The van der Waals surface area contributed by atoms with Crippen molar-refractivity contribution < 1.29 is 35.5 Å². The molecule has 1 nitrogen and oxygen atoms in total. The van der Waals surface area contributed by atoms with Crippen LogP contribution in [-0.2, 0) is 10.7 Å². The first-order valence-corrected chi connectivity index (χ1v) is 4.13. The Balaban J connectivity index is 2.93. The van der Waals surface area contributed by atoms with Gasteiger partial charge in [-0.25, -0.2) is 22.0 Å². The molecular formula is C9HF7O. The molecule has 1 aliphatic carbocycles. The van der Waals surface area contributed by atoms with Crippen LogP contribution in [0, 0.1) is 23.3 Å². The molecule has 0 N–H and O–H groups in total. The van der Waals surface area contributed by atoms with E-state index in [2.05, 4.69) is 0 Å². The second-order valence-electron chi connectivity index (χ2n) is 3.35. The quantitative estimate of drug-likeness (QED) is 0.397. The van der Waals surface area contributed by atoms with E-state index in [4.69, 9.17) is 0 Å². The van der Waals surface area contributed by atoms with E-state index in [0.29, 0.717) is 0 Å². The lowest BCUT2D eigenvalue weighted by molar-refractivity contribution is -0.147. The number of benzene rings is 1. The highest BCUT2D eigenvalue weighted by Gasteiger charge is 2.58. The van der Waals surface area contributed by atoms with E-state index in [1.54, 1.807) is 0 Å². The van der Waals surface area contributed by atoms with Gasteiger partial charge in [0.1, 0.15) is 0 Å². The number of halogens is 7. The molecule has 0 spiro atoms. The number of fused-ring (bicyclic) bond motifs is 1. The Bertz CT molecular complexity index is 537. The van der Waals surface area contributed by atoms with Gasteiger partial charge in [0.2, 0.25) is 5.78 Å². The van der Waals surface area contributed by atoms with Gasteiger partial charge in [0.15, 0.2) is 29.4 Å². The minimum atomic E-state index is -4.71. The van der Waals surface area contributed by atoms with Crippen LogP contribution in [0.1, 0.15) is 17.3 Å². The first kappa shape index (κ1) is 11.9. The van der Waals surface area contributed by atoms with Crippen LogP contribution in [0.25, 0.3) is 0 Å². The molecule has 0 fully saturated rings. The second kappa shape index (κ2) is 3.21. The number of carbonyl (C=O) groups is 1.